The molecule has 0 saturated heterocycles. The lowest BCUT2D eigenvalue weighted by atomic mass is 10.1. The zero-order valence-electron chi connectivity index (χ0n) is 12.9. The van der Waals surface area contributed by atoms with E-state index in [-0.39, 0.29) is 16.8 Å². The second-order valence-electron chi connectivity index (χ2n) is 4.67. The summed E-state index contributed by atoms with van der Waals surface area (Å²) in [4.78, 5) is 23.9. The van der Waals surface area contributed by atoms with Crippen LogP contribution in [0.15, 0.2) is 66.4 Å². The minimum Gasteiger partial charge on any atom is -0.465 e. The van der Waals surface area contributed by atoms with Crippen LogP contribution in [0.1, 0.15) is 10.4 Å². The zero-order chi connectivity index (χ0) is 17.4. The molecule has 0 aliphatic rings. The predicted octanol–water partition coefficient (Wildman–Crippen LogP) is 2.93. The van der Waals surface area contributed by atoms with Crippen LogP contribution in [-0.2, 0) is 9.53 Å². The monoisotopic (exact) mass is 321 g/mol. The number of carbonyl (C=O) groups excluding carboxylic acids is 2. The lowest BCUT2D eigenvalue weighted by Crippen LogP contribution is -2.17. The van der Waals surface area contributed by atoms with E-state index in [1.54, 1.807) is 30.3 Å². The van der Waals surface area contributed by atoms with E-state index in [2.05, 4.69) is 15.4 Å². The third-order valence-electron chi connectivity index (χ3n) is 3.10. The van der Waals surface area contributed by atoms with Gasteiger partial charge < -0.3 is 15.4 Å². The number of ether oxygens (including phenoxy) is 1. The Kier molecular flexibility index (Phi) is 5.70. The van der Waals surface area contributed by atoms with Crippen LogP contribution >= 0.6 is 0 Å². The van der Waals surface area contributed by atoms with Gasteiger partial charge in [0.1, 0.15) is 11.6 Å². The number of rotatable bonds is 5. The topological polar surface area (TPSA) is 91.2 Å². The maximum Gasteiger partial charge on any atom is 0.339 e. The van der Waals surface area contributed by atoms with E-state index in [9.17, 15) is 9.59 Å². The van der Waals surface area contributed by atoms with Crippen LogP contribution < -0.4 is 10.6 Å². The number of nitrogens with zero attached hydrogens (tertiary/aromatic N) is 1. The van der Waals surface area contributed by atoms with Gasteiger partial charge in [0.05, 0.1) is 18.4 Å². The van der Waals surface area contributed by atoms with E-state index in [1.165, 1.54) is 19.4 Å². The van der Waals surface area contributed by atoms with E-state index in [0.717, 1.165) is 5.69 Å². The van der Waals surface area contributed by atoms with Gasteiger partial charge >= 0.3 is 5.97 Å². The lowest BCUT2D eigenvalue weighted by Gasteiger charge is -2.09. The van der Waals surface area contributed by atoms with Gasteiger partial charge in [-0.05, 0) is 24.3 Å². The molecule has 120 valence electrons. The van der Waals surface area contributed by atoms with Crippen molar-refractivity contribution >= 4 is 23.3 Å². The van der Waals surface area contributed by atoms with Gasteiger partial charge in [0, 0.05) is 11.9 Å². The van der Waals surface area contributed by atoms with Gasteiger partial charge in [0.2, 0.25) is 0 Å². The van der Waals surface area contributed by atoms with Crippen molar-refractivity contribution in [3.05, 3.63) is 71.9 Å². The molecule has 2 aromatic rings. The minimum atomic E-state index is -0.628. The highest BCUT2D eigenvalue weighted by atomic mass is 16.5. The fraction of sp³-hybridized carbons (Fsp3) is 0.0556. The van der Waals surface area contributed by atoms with E-state index >= 15 is 0 Å². The average molecular weight is 321 g/mol. The summed E-state index contributed by atoms with van der Waals surface area (Å²) in [6.45, 7) is 0. The summed E-state index contributed by atoms with van der Waals surface area (Å²) in [5, 5.41) is 14.6. The molecule has 0 fully saturated rings. The van der Waals surface area contributed by atoms with Gasteiger partial charge in [-0.2, -0.15) is 5.26 Å². The Morgan fingerprint density at radius 2 is 1.75 bits per heavy atom. The van der Waals surface area contributed by atoms with Crippen molar-refractivity contribution in [2.24, 2.45) is 0 Å². The molecule has 0 aromatic heterocycles. The molecule has 2 rings (SSSR count). The molecule has 0 atom stereocenters. The summed E-state index contributed by atoms with van der Waals surface area (Å²) < 4.78 is 4.67. The Labute approximate surface area is 139 Å². The van der Waals surface area contributed by atoms with E-state index < -0.39 is 11.9 Å². The van der Waals surface area contributed by atoms with Gasteiger partial charge in [0.25, 0.3) is 5.91 Å². The Bertz CT molecular complexity index is 808. The molecule has 0 bridgehead atoms. The number of para-hydroxylation sites is 2. The van der Waals surface area contributed by atoms with E-state index in [4.69, 9.17) is 5.26 Å². The molecule has 6 nitrogen and oxygen atoms in total. The number of anilines is 2. The molecule has 0 unspecified atom stereocenters. The summed E-state index contributed by atoms with van der Waals surface area (Å²) >= 11 is 0. The number of methoxy groups -OCH3 is 1. The van der Waals surface area contributed by atoms with Gasteiger partial charge in [-0.3, -0.25) is 4.79 Å². The van der Waals surface area contributed by atoms with Crippen molar-refractivity contribution in [2.45, 2.75) is 0 Å². The molecule has 0 heterocycles. The Balaban J connectivity index is 2.16. The summed E-state index contributed by atoms with van der Waals surface area (Å²) in [6.07, 6.45) is 1.31. The molecule has 2 N–H and O–H groups in total. The van der Waals surface area contributed by atoms with Crippen LogP contribution in [0.25, 0.3) is 0 Å². The van der Waals surface area contributed by atoms with Crippen molar-refractivity contribution in [3.8, 4) is 6.07 Å². The van der Waals surface area contributed by atoms with Crippen molar-refractivity contribution in [1.29, 1.82) is 5.26 Å². The van der Waals surface area contributed by atoms with Crippen LogP contribution in [0.4, 0.5) is 11.4 Å². The fourth-order valence-corrected chi connectivity index (χ4v) is 1.91. The van der Waals surface area contributed by atoms with Crippen LogP contribution in [0.2, 0.25) is 0 Å². The van der Waals surface area contributed by atoms with Crippen molar-refractivity contribution in [3.63, 3.8) is 0 Å². The number of nitriles is 1. The maximum atomic E-state index is 12.2. The molecular weight excluding hydrogens is 306 g/mol. The Hall–Kier alpha value is -3.59. The first-order chi connectivity index (χ1) is 11.7. The number of amides is 1. The average Bonchev–Trinajstić information content (AvgIpc) is 2.63. The van der Waals surface area contributed by atoms with Crippen molar-refractivity contribution in [2.75, 3.05) is 17.7 Å². The minimum absolute atomic E-state index is 0.126. The Morgan fingerprint density at radius 3 is 2.42 bits per heavy atom. The molecule has 24 heavy (non-hydrogen) atoms. The number of nitrogens with one attached hydrogen (secondary N) is 2. The highest BCUT2D eigenvalue weighted by molar-refractivity contribution is 6.09. The number of hydrogen-bond donors (Lipinski definition) is 2. The van der Waals surface area contributed by atoms with E-state index in [0.29, 0.717) is 0 Å². The molecule has 0 aliphatic carbocycles. The summed E-state index contributed by atoms with van der Waals surface area (Å²) in [7, 11) is 1.26. The fourth-order valence-electron chi connectivity index (χ4n) is 1.91. The number of carbonyl (C=O) groups is 2. The second kappa shape index (κ2) is 8.15. The first-order valence-electron chi connectivity index (χ1n) is 7.06. The van der Waals surface area contributed by atoms with Crippen LogP contribution in [0, 0.1) is 11.3 Å². The van der Waals surface area contributed by atoms with Crippen molar-refractivity contribution < 1.29 is 14.3 Å². The lowest BCUT2D eigenvalue weighted by molar-refractivity contribution is -0.112. The summed E-state index contributed by atoms with van der Waals surface area (Å²) in [6, 6.07) is 17.3. The zero-order valence-corrected chi connectivity index (χ0v) is 12.9. The summed E-state index contributed by atoms with van der Waals surface area (Å²) in [5.41, 5.74) is 1.10. The highest BCUT2D eigenvalue weighted by Gasteiger charge is 2.15. The largest absolute Gasteiger partial charge is 0.465 e. The van der Waals surface area contributed by atoms with Crippen LogP contribution in [-0.4, -0.2) is 19.0 Å². The van der Waals surface area contributed by atoms with Gasteiger partial charge in [-0.1, -0.05) is 30.3 Å². The highest BCUT2D eigenvalue weighted by Crippen LogP contribution is 2.17. The first-order valence-corrected chi connectivity index (χ1v) is 7.06. The van der Waals surface area contributed by atoms with Crippen LogP contribution in [0.3, 0.4) is 0 Å². The third kappa shape index (κ3) is 4.21. The predicted molar refractivity (Wildman–Crippen MR) is 90.2 cm³/mol. The second-order valence-corrected chi connectivity index (χ2v) is 4.67. The molecule has 6 heteroatoms. The molecule has 0 radical (unpaired) electrons. The summed E-state index contributed by atoms with van der Waals surface area (Å²) in [5.74, 6) is -1.20. The molecule has 0 saturated carbocycles. The Morgan fingerprint density at radius 1 is 1.08 bits per heavy atom. The molecule has 2 aromatic carbocycles. The van der Waals surface area contributed by atoms with Gasteiger partial charge in [-0.25, -0.2) is 4.79 Å². The van der Waals surface area contributed by atoms with Crippen molar-refractivity contribution in [1.82, 2.24) is 0 Å². The van der Waals surface area contributed by atoms with Crippen LogP contribution in [0.5, 0.6) is 0 Å². The quantitative estimate of drug-likeness (QED) is 0.502. The molecule has 0 spiro atoms. The normalized spacial score (nSPS) is 10.4. The molecule has 1 amide bonds. The van der Waals surface area contributed by atoms with Gasteiger partial charge in [0.15, 0.2) is 0 Å². The third-order valence-corrected chi connectivity index (χ3v) is 3.10. The SMILES string of the molecule is COC(=O)c1ccccc1NC(=O)/C(C#N)=C\Nc1ccccc1. The first kappa shape index (κ1) is 16.8. The van der Waals surface area contributed by atoms with Gasteiger partial charge in [-0.15, -0.1) is 0 Å². The standard InChI is InChI=1S/C18H15N3O3/c1-24-18(23)15-9-5-6-10-16(15)21-17(22)13(11-19)12-20-14-7-3-2-4-8-14/h2-10,12,20H,1H3,(H,21,22)/b13-12-. The maximum absolute atomic E-state index is 12.2. The number of hydrogen-bond acceptors (Lipinski definition) is 5. The van der Waals surface area contributed by atoms with E-state index in [1.807, 2.05) is 24.3 Å². The number of benzene rings is 2. The smallest absolute Gasteiger partial charge is 0.339 e. The molecular formula is C18H15N3O3. The number of esters is 1. The molecule has 0 aliphatic heterocycles.